The molecule has 3 aliphatic heterocycles. The van der Waals surface area contributed by atoms with E-state index in [4.69, 9.17) is 21.3 Å². The molecule has 3 atom stereocenters. The average Bonchev–Trinajstić information content (AvgIpc) is 3.68. The summed E-state index contributed by atoms with van der Waals surface area (Å²) in [5.41, 5.74) is 2.64. The van der Waals surface area contributed by atoms with Gasteiger partial charge in [0.25, 0.3) is 0 Å². The van der Waals surface area contributed by atoms with Crippen LogP contribution in [0.2, 0.25) is 5.02 Å². The summed E-state index contributed by atoms with van der Waals surface area (Å²) < 4.78 is 19.2. The monoisotopic (exact) mass is 652 g/mol. The third-order valence-electron chi connectivity index (χ3n) is 8.32. The topological polar surface area (TPSA) is 128 Å². The molecule has 2 saturated heterocycles. The Labute approximate surface area is 267 Å². The van der Waals surface area contributed by atoms with Crippen LogP contribution in [0.5, 0.6) is 0 Å². The molecule has 234 valence electrons. The molecule has 14 heteroatoms. The number of carboxylic acid groups (broad SMARTS) is 1. The van der Waals surface area contributed by atoms with Gasteiger partial charge in [0.05, 0.1) is 24.6 Å². The van der Waals surface area contributed by atoms with Gasteiger partial charge in [0.2, 0.25) is 0 Å². The van der Waals surface area contributed by atoms with Crippen molar-refractivity contribution < 1.29 is 28.6 Å². The fourth-order valence-electron chi connectivity index (χ4n) is 5.91. The number of piperazine rings is 1. The van der Waals surface area contributed by atoms with E-state index in [1.54, 1.807) is 42.3 Å². The first-order valence-corrected chi connectivity index (χ1v) is 15.5. The Kier molecular flexibility index (Phi) is 8.58. The van der Waals surface area contributed by atoms with Crippen molar-refractivity contribution in [1.29, 1.82) is 0 Å². The summed E-state index contributed by atoms with van der Waals surface area (Å²) in [6, 6.07) is 9.95. The fourth-order valence-corrected chi connectivity index (χ4v) is 6.77. The minimum atomic E-state index is -0.910. The van der Waals surface area contributed by atoms with Crippen LogP contribution in [0.15, 0.2) is 70.3 Å². The highest BCUT2D eigenvalue weighted by Gasteiger charge is 2.42. The fraction of sp³-hybridized carbons (Fsp3) is 0.323. The lowest BCUT2D eigenvalue weighted by molar-refractivity contribution is -0.138. The van der Waals surface area contributed by atoms with E-state index >= 15 is 0 Å². The van der Waals surface area contributed by atoms with Crippen molar-refractivity contribution in [2.75, 3.05) is 44.7 Å². The number of amides is 2. The van der Waals surface area contributed by atoms with Crippen LogP contribution in [-0.4, -0.2) is 89.6 Å². The molecule has 0 saturated carbocycles. The van der Waals surface area contributed by atoms with Crippen LogP contribution in [0.25, 0.3) is 0 Å². The molecular weight excluding hydrogens is 623 g/mol. The van der Waals surface area contributed by atoms with Gasteiger partial charge in [-0.2, -0.15) is 0 Å². The number of carbonyl (C=O) groups excluding carboxylic acids is 2. The molecule has 2 amide bonds. The van der Waals surface area contributed by atoms with E-state index in [-0.39, 0.29) is 22.7 Å². The van der Waals surface area contributed by atoms with Gasteiger partial charge >= 0.3 is 18.0 Å². The van der Waals surface area contributed by atoms with E-state index in [1.165, 1.54) is 36.6 Å². The second-order valence-electron chi connectivity index (χ2n) is 11.0. The zero-order valence-corrected chi connectivity index (χ0v) is 26.0. The van der Waals surface area contributed by atoms with Crippen LogP contribution in [0.4, 0.5) is 14.9 Å². The highest BCUT2D eigenvalue weighted by atomic mass is 35.5. The molecule has 11 nitrogen and oxygen atoms in total. The predicted octanol–water partition coefficient (Wildman–Crippen LogP) is 4.27. The summed E-state index contributed by atoms with van der Waals surface area (Å²) in [5.74, 6) is -2.20. The molecule has 1 aromatic heterocycles. The number of benzene rings is 2. The maximum Gasteiger partial charge on any atom is 0.338 e. The molecule has 3 aromatic rings. The number of hydrogen-bond acceptors (Lipinski definition) is 9. The number of aliphatic imine (C=N–C) groups is 1. The van der Waals surface area contributed by atoms with Crippen LogP contribution in [0.3, 0.4) is 0 Å². The smallest absolute Gasteiger partial charge is 0.338 e. The first-order chi connectivity index (χ1) is 21.6. The number of anilines is 1. The summed E-state index contributed by atoms with van der Waals surface area (Å²) >= 11 is 7.85. The number of ether oxygens (including phenoxy) is 1. The van der Waals surface area contributed by atoms with Crippen LogP contribution in [0.1, 0.15) is 35.0 Å². The Morgan fingerprint density at radius 2 is 1.98 bits per heavy atom. The van der Waals surface area contributed by atoms with Gasteiger partial charge in [-0.05, 0) is 36.8 Å². The number of halogens is 2. The van der Waals surface area contributed by atoms with Crippen molar-refractivity contribution in [2.45, 2.75) is 24.9 Å². The third kappa shape index (κ3) is 6.02. The largest absolute Gasteiger partial charge is 0.481 e. The molecule has 2 aromatic carbocycles. The van der Waals surface area contributed by atoms with Gasteiger partial charge in [-0.25, -0.2) is 19.0 Å². The molecule has 0 spiro atoms. The number of thiazole rings is 1. The van der Waals surface area contributed by atoms with Gasteiger partial charge in [-0.1, -0.05) is 29.8 Å². The van der Waals surface area contributed by atoms with E-state index < -0.39 is 29.7 Å². The zero-order valence-electron chi connectivity index (χ0n) is 24.4. The SMILES string of the molecule is COC(=O)C1=C(CN2CCN3C(=O)N(c4ccc([C@@H](C)C(=O)O)cc4)C[C@@H]3C2)NC(c2nccs2)=N[C@H]1c1ccc(F)cc1Cl. The number of carbonyl (C=O) groups is 3. The van der Waals surface area contributed by atoms with Gasteiger partial charge in [0.1, 0.15) is 11.9 Å². The number of methoxy groups -OCH3 is 1. The lowest BCUT2D eigenvalue weighted by atomic mass is 9.95. The molecule has 6 rings (SSSR count). The molecule has 0 radical (unpaired) electrons. The lowest BCUT2D eigenvalue weighted by Crippen LogP contribution is -2.53. The first-order valence-electron chi connectivity index (χ1n) is 14.3. The van der Waals surface area contributed by atoms with Crippen molar-refractivity contribution in [2.24, 2.45) is 4.99 Å². The van der Waals surface area contributed by atoms with Crippen LogP contribution in [0, 0.1) is 5.82 Å². The zero-order chi connectivity index (χ0) is 31.8. The minimum Gasteiger partial charge on any atom is -0.481 e. The van der Waals surface area contributed by atoms with Gasteiger partial charge < -0.3 is 20.1 Å². The van der Waals surface area contributed by atoms with E-state index in [1.807, 2.05) is 10.3 Å². The number of aliphatic carboxylic acids is 1. The Morgan fingerprint density at radius 3 is 2.64 bits per heavy atom. The van der Waals surface area contributed by atoms with Gasteiger partial charge in [0, 0.05) is 66.3 Å². The Balaban J connectivity index is 1.26. The third-order valence-corrected chi connectivity index (χ3v) is 9.42. The van der Waals surface area contributed by atoms with Crippen LogP contribution in [-0.2, 0) is 14.3 Å². The summed E-state index contributed by atoms with van der Waals surface area (Å²) in [6.45, 7) is 3.98. The molecule has 2 N–H and O–H groups in total. The highest BCUT2D eigenvalue weighted by Crippen LogP contribution is 2.37. The van der Waals surface area contributed by atoms with Crippen LogP contribution < -0.4 is 10.2 Å². The predicted molar refractivity (Wildman–Crippen MR) is 167 cm³/mol. The Bertz CT molecular complexity index is 1700. The first kappa shape index (κ1) is 30.7. The highest BCUT2D eigenvalue weighted by molar-refractivity contribution is 7.11. The number of urea groups is 1. The summed E-state index contributed by atoms with van der Waals surface area (Å²) in [4.78, 5) is 52.9. The summed E-state index contributed by atoms with van der Waals surface area (Å²) in [6.07, 6.45) is 1.66. The average molecular weight is 653 g/mol. The number of amidine groups is 1. The van der Waals surface area contributed by atoms with Gasteiger partial charge in [-0.3, -0.25) is 19.6 Å². The van der Waals surface area contributed by atoms with Gasteiger partial charge in [-0.15, -0.1) is 11.3 Å². The molecule has 2 fully saturated rings. The Morgan fingerprint density at radius 1 is 1.20 bits per heavy atom. The van der Waals surface area contributed by atoms with E-state index in [2.05, 4.69) is 15.2 Å². The quantitative estimate of drug-likeness (QED) is 0.346. The lowest BCUT2D eigenvalue weighted by Gasteiger charge is -2.38. The summed E-state index contributed by atoms with van der Waals surface area (Å²) in [5, 5.41) is 15.2. The molecule has 0 bridgehead atoms. The van der Waals surface area contributed by atoms with E-state index in [9.17, 15) is 23.9 Å². The van der Waals surface area contributed by atoms with E-state index in [0.29, 0.717) is 66.1 Å². The second-order valence-corrected chi connectivity index (χ2v) is 12.3. The molecule has 45 heavy (non-hydrogen) atoms. The van der Waals surface area contributed by atoms with Crippen molar-refractivity contribution in [3.63, 3.8) is 0 Å². The second kappa shape index (κ2) is 12.6. The maximum atomic E-state index is 14.0. The number of nitrogens with one attached hydrogen (secondary N) is 1. The summed E-state index contributed by atoms with van der Waals surface area (Å²) in [7, 11) is 1.29. The van der Waals surface area contributed by atoms with Crippen molar-refractivity contribution >= 4 is 52.4 Å². The number of fused-ring (bicyclic) bond motifs is 1. The van der Waals surface area contributed by atoms with Crippen molar-refractivity contribution in [1.82, 2.24) is 20.1 Å². The normalized spacial score (nSPS) is 20.9. The molecule has 0 unspecified atom stereocenters. The minimum absolute atomic E-state index is 0.104. The number of aromatic nitrogens is 1. The van der Waals surface area contributed by atoms with Crippen molar-refractivity contribution in [3.05, 3.63) is 92.3 Å². The number of carboxylic acids is 1. The molecule has 4 heterocycles. The number of rotatable bonds is 8. The standard InChI is InChI=1S/C31H30ClFN6O5S/c1-17(29(40)41)18-3-6-20(7-4-18)39-15-21-14-37(10-11-38(21)31(39)43)16-24-25(30(42)44-2)26(22-8-5-19(33)13-23(22)32)36-27(35-24)28-34-9-12-45-28/h3-9,12-13,17,21,26H,10-11,14-16H2,1-2H3,(H,35,36)(H,40,41)/t17-,21+,26+/m1/s1. The molecule has 0 aliphatic carbocycles. The van der Waals surface area contributed by atoms with E-state index in [0.717, 1.165) is 0 Å². The number of hydrogen-bond donors (Lipinski definition) is 2. The number of esters is 1. The van der Waals surface area contributed by atoms with Crippen LogP contribution >= 0.6 is 22.9 Å². The van der Waals surface area contributed by atoms with Gasteiger partial charge in [0.15, 0.2) is 10.8 Å². The number of nitrogens with zero attached hydrogens (tertiary/aromatic N) is 5. The maximum absolute atomic E-state index is 14.0. The molecular formula is C31H30ClFN6O5S. The Hall–Kier alpha value is -4.33. The van der Waals surface area contributed by atoms with Crippen molar-refractivity contribution in [3.8, 4) is 0 Å². The molecule has 3 aliphatic rings.